The molecule has 1 aromatic rings. The summed E-state index contributed by atoms with van der Waals surface area (Å²) in [6, 6.07) is 6.24. The molecule has 0 atom stereocenters. The van der Waals surface area contributed by atoms with Crippen LogP contribution >= 0.6 is 24.4 Å². The maximum Gasteiger partial charge on any atom is 0.189 e. The lowest BCUT2D eigenvalue weighted by molar-refractivity contribution is 0.632. The minimum absolute atomic E-state index is 0.225. The number of rotatable bonds is 1. The molecule has 0 unspecified atom stereocenters. The fourth-order valence-corrected chi connectivity index (χ4v) is 1.10. The first-order chi connectivity index (χ1) is 7.63. The monoisotopic (exact) mass is 258 g/mol. The third-order valence-corrected chi connectivity index (χ3v) is 2.15. The van der Waals surface area contributed by atoms with Gasteiger partial charge in [-0.1, -0.05) is 12.1 Å². The summed E-state index contributed by atoms with van der Waals surface area (Å²) in [6.45, 7) is 0. The minimum atomic E-state index is -0.372. The lowest BCUT2D eigenvalue weighted by atomic mass is 10.3. The fourth-order valence-electron chi connectivity index (χ4n) is 0.892. The molecule has 0 amide bonds. The molecule has 0 saturated carbocycles. The third kappa shape index (κ3) is 3.95. The van der Waals surface area contributed by atoms with Crippen molar-refractivity contribution in [2.45, 2.75) is 0 Å². The summed E-state index contributed by atoms with van der Waals surface area (Å²) in [4.78, 5) is 0. The van der Waals surface area contributed by atoms with E-state index < -0.39 is 0 Å². The standard InChI is InChI=1S/C9H11FN4S2/c1-11-8(15)13-14-9(16)12-7-5-3-2-4-6(7)10/h2-5H,1H3,(H2,11,13,15)(H2,12,14,16). The average molecular weight is 258 g/mol. The van der Waals surface area contributed by atoms with Gasteiger partial charge in [0.2, 0.25) is 0 Å². The Morgan fingerprint density at radius 3 is 2.38 bits per heavy atom. The van der Waals surface area contributed by atoms with Crippen molar-refractivity contribution in [3.63, 3.8) is 0 Å². The topological polar surface area (TPSA) is 48.1 Å². The van der Waals surface area contributed by atoms with Crippen molar-refractivity contribution >= 4 is 40.3 Å². The number of hydrogen-bond donors (Lipinski definition) is 4. The first-order valence-electron chi connectivity index (χ1n) is 4.42. The van der Waals surface area contributed by atoms with E-state index in [0.29, 0.717) is 10.8 Å². The van der Waals surface area contributed by atoms with Crippen LogP contribution in [0.5, 0.6) is 0 Å². The summed E-state index contributed by atoms with van der Waals surface area (Å²) in [5.74, 6) is -0.372. The molecule has 7 heteroatoms. The predicted octanol–water partition coefficient (Wildman–Crippen LogP) is 1.12. The molecule has 0 radical (unpaired) electrons. The van der Waals surface area contributed by atoms with E-state index in [9.17, 15) is 4.39 Å². The van der Waals surface area contributed by atoms with E-state index in [1.807, 2.05) is 0 Å². The van der Waals surface area contributed by atoms with Crippen molar-refractivity contribution in [2.24, 2.45) is 0 Å². The number of nitrogens with one attached hydrogen (secondary N) is 4. The van der Waals surface area contributed by atoms with E-state index in [1.165, 1.54) is 6.07 Å². The molecule has 86 valence electrons. The van der Waals surface area contributed by atoms with Crippen LogP contribution in [0.1, 0.15) is 0 Å². The van der Waals surface area contributed by atoms with Gasteiger partial charge >= 0.3 is 0 Å². The van der Waals surface area contributed by atoms with Crippen LogP contribution in [0.4, 0.5) is 10.1 Å². The first kappa shape index (κ1) is 12.6. The summed E-state index contributed by atoms with van der Waals surface area (Å²) in [5, 5.41) is 5.99. The predicted molar refractivity (Wildman–Crippen MR) is 70.5 cm³/mol. The zero-order valence-electron chi connectivity index (χ0n) is 8.50. The maximum absolute atomic E-state index is 13.2. The van der Waals surface area contributed by atoms with Crippen LogP contribution in [0.15, 0.2) is 24.3 Å². The van der Waals surface area contributed by atoms with Gasteiger partial charge in [-0.3, -0.25) is 10.9 Å². The molecule has 4 nitrogen and oxygen atoms in total. The molecule has 0 heterocycles. The number of hydrogen-bond acceptors (Lipinski definition) is 2. The maximum atomic E-state index is 13.2. The van der Waals surface area contributed by atoms with Gasteiger partial charge in [-0.2, -0.15) is 0 Å². The Kier molecular flexibility index (Phi) is 4.87. The zero-order chi connectivity index (χ0) is 12.0. The van der Waals surface area contributed by atoms with Crippen molar-refractivity contribution < 1.29 is 4.39 Å². The molecule has 16 heavy (non-hydrogen) atoms. The van der Waals surface area contributed by atoms with E-state index in [2.05, 4.69) is 21.5 Å². The van der Waals surface area contributed by atoms with Crippen LogP contribution in [0.3, 0.4) is 0 Å². The van der Waals surface area contributed by atoms with E-state index in [1.54, 1.807) is 25.2 Å². The van der Waals surface area contributed by atoms with E-state index in [-0.39, 0.29) is 10.9 Å². The van der Waals surface area contributed by atoms with E-state index >= 15 is 0 Å². The van der Waals surface area contributed by atoms with E-state index in [4.69, 9.17) is 24.4 Å². The average Bonchev–Trinajstić information content (AvgIpc) is 2.29. The minimum Gasteiger partial charge on any atom is -0.364 e. The lowest BCUT2D eigenvalue weighted by Crippen LogP contribution is -2.47. The van der Waals surface area contributed by atoms with Gasteiger partial charge in [0.05, 0.1) is 5.69 Å². The third-order valence-electron chi connectivity index (χ3n) is 1.64. The quantitative estimate of drug-likeness (QED) is 0.447. The van der Waals surface area contributed by atoms with Crippen LogP contribution in [0, 0.1) is 5.82 Å². The van der Waals surface area contributed by atoms with Crippen LogP contribution in [-0.4, -0.2) is 17.3 Å². The number of hydrazine groups is 1. The Bertz CT molecular complexity index is 397. The van der Waals surface area contributed by atoms with Crippen molar-refractivity contribution in [1.82, 2.24) is 16.2 Å². The lowest BCUT2D eigenvalue weighted by Gasteiger charge is -2.12. The molecule has 1 aromatic carbocycles. The van der Waals surface area contributed by atoms with Gasteiger partial charge in [0.15, 0.2) is 10.2 Å². The molecular weight excluding hydrogens is 247 g/mol. The Balaban J connectivity index is 2.46. The van der Waals surface area contributed by atoms with Crippen LogP contribution in [0.2, 0.25) is 0 Å². The highest BCUT2D eigenvalue weighted by Crippen LogP contribution is 2.11. The summed E-state index contributed by atoms with van der Waals surface area (Å²) in [6.07, 6.45) is 0. The van der Waals surface area contributed by atoms with Crippen molar-refractivity contribution in [3.05, 3.63) is 30.1 Å². The largest absolute Gasteiger partial charge is 0.364 e. The summed E-state index contributed by atoms with van der Waals surface area (Å²) < 4.78 is 13.2. The van der Waals surface area contributed by atoms with Gasteiger partial charge in [-0.05, 0) is 36.6 Å². The zero-order valence-corrected chi connectivity index (χ0v) is 10.1. The smallest absolute Gasteiger partial charge is 0.189 e. The Morgan fingerprint density at radius 2 is 1.75 bits per heavy atom. The number of para-hydroxylation sites is 1. The molecule has 0 spiro atoms. The Hall–Kier alpha value is -1.47. The number of halogens is 1. The number of thiocarbonyl (C=S) groups is 2. The van der Waals surface area contributed by atoms with Crippen molar-refractivity contribution in [1.29, 1.82) is 0 Å². The second kappa shape index (κ2) is 6.19. The molecule has 0 aliphatic carbocycles. The number of anilines is 1. The molecule has 4 N–H and O–H groups in total. The van der Waals surface area contributed by atoms with Crippen molar-refractivity contribution in [3.8, 4) is 0 Å². The summed E-state index contributed by atoms with van der Waals surface area (Å²) in [7, 11) is 1.67. The van der Waals surface area contributed by atoms with Gasteiger partial charge in [-0.15, -0.1) is 0 Å². The fraction of sp³-hybridized carbons (Fsp3) is 0.111. The van der Waals surface area contributed by atoms with Crippen LogP contribution in [-0.2, 0) is 0 Å². The van der Waals surface area contributed by atoms with Gasteiger partial charge in [-0.25, -0.2) is 4.39 Å². The number of benzene rings is 1. The molecular formula is C9H11FN4S2. The van der Waals surface area contributed by atoms with Gasteiger partial charge in [0, 0.05) is 7.05 Å². The van der Waals surface area contributed by atoms with Crippen LogP contribution < -0.4 is 21.5 Å². The van der Waals surface area contributed by atoms with Crippen molar-refractivity contribution in [2.75, 3.05) is 12.4 Å². The highest BCUT2D eigenvalue weighted by atomic mass is 32.1. The van der Waals surface area contributed by atoms with E-state index in [0.717, 1.165) is 0 Å². The van der Waals surface area contributed by atoms with Gasteiger partial charge in [0.1, 0.15) is 5.82 Å². The Labute approximate surface area is 104 Å². The normalized spacial score (nSPS) is 9.12. The highest BCUT2D eigenvalue weighted by Gasteiger charge is 2.02. The summed E-state index contributed by atoms with van der Waals surface area (Å²) in [5.41, 5.74) is 5.53. The molecule has 0 bridgehead atoms. The molecule has 1 rings (SSSR count). The highest BCUT2D eigenvalue weighted by molar-refractivity contribution is 7.80. The molecule has 0 aliphatic heterocycles. The van der Waals surface area contributed by atoms with Crippen LogP contribution in [0.25, 0.3) is 0 Å². The Morgan fingerprint density at radius 1 is 1.12 bits per heavy atom. The first-order valence-corrected chi connectivity index (χ1v) is 5.24. The molecule has 0 aromatic heterocycles. The SMILES string of the molecule is CNC(=S)NNC(=S)Nc1ccccc1F. The van der Waals surface area contributed by atoms with Gasteiger partial charge < -0.3 is 10.6 Å². The molecule has 0 aliphatic rings. The molecule has 0 fully saturated rings. The summed E-state index contributed by atoms with van der Waals surface area (Å²) >= 11 is 9.74. The molecule has 0 saturated heterocycles. The second-order valence-electron chi connectivity index (χ2n) is 2.76. The van der Waals surface area contributed by atoms with Gasteiger partial charge in [0.25, 0.3) is 0 Å². The second-order valence-corrected chi connectivity index (χ2v) is 3.58.